The van der Waals surface area contributed by atoms with Crippen LogP contribution in [0.25, 0.3) is 11.1 Å². The molecule has 0 amide bonds. The second-order valence-corrected chi connectivity index (χ2v) is 8.85. The summed E-state index contributed by atoms with van der Waals surface area (Å²) in [5.41, 5.74) is 5.48. The number of piperazine rings is 1. The Labute approximate surface area is 183 Å². The number of rotatable bonds is 4. The van der Waals surface area contributed by atoms with E-state index in [0.29, 0.717) is 29.6 Å². The summed E-state index contributed by atoms with van der Waals surface area (Å²) in [6, 6.07) is 24.0. The molecule has 1 aliphatic heterocycles. The van der Waals surface area contributed by atoms with E-state index in [1.54, 1.807) is 0 Å². The maximum absolute atomic E-state index is 12.1. The zero-order chi connectivity index (χ0) is 21.1. The van der Waals surface area contributed by atoms with Gasteiger partial charge in [-0.2, -0.15) is 8.42 Å². The fraction of sp³-hybridized carbons (Fsp3) is 0.208. The highest BCUT2D eigenvalue weighted by molar-refractivity contribution is 7.72. The lowest BCUT2D eigenvalue weighted by molar-refractivity contribution is 0.398. The molecule has 0 spiro atoms. The van der Waals surface area contributed by atoms with Crippen molar-refractivity contribution in [3.8, 4) is 11.1 Å². The molecule has 3 aromatic carbocycles. The van der Waals surface area contributed by atoms with Crippen molar-refractivity contribution in [1.29, 1.82) is 0 Å². The van der Waals surface area contributed by atoms with Crippen LogP contribution in [0.3, 0.4) is 0 Å². The highest BCUT2D eigenvalue weighted by Gasteiger charge is 2.25. The van der Waals surface area contributed by atoms with E-state index in [0.717, 1.165) is 28.9 Å². The summed E-state index contributed by atoms with van der Waals surface area (Å²) in [7, 11) is -2.28. The number of halogens is 1. The first kappa shape index (κ1) is 20.7. The van der Waals surface area contributed by atoms with Crippen LogP contribution in [-0.2, 0) is 16.8 Å². The fourth-order valence-corrected chi connectivity index (χ4v) is 4.54. The summed E-state index contributed by atoms with van der Waals surface area (Å²) in [4.78, 5) is 4.52. The number of hydrogen-bond acceptors (Lipinski definition) is 3. The van der Waals surface area contributed by atoms with Gasteiger partial charge < -0.3 is 4.90 Å². The van der Waals surface area contributed by atoms with Crippen molar-refractivity contribution >= 4 is 32.6 Å². The standard InChI is InChI=1S/C24H23ClN2O2S/c1-18-6-12-22(13-7-18)26-14-15-27(24(17-26)30(28)29)16-20-4-2-3-5-23(20)19-8-10-21(25)11-9-19/h2-13H,14-17H2,1H3. The molecule has 1 fully saturated rings. The molecule has 1 saturated heterocycles. The van der Waals surface area contributed by atoms with Crippen LogP contribution in [0.15, 0.2) is 72.8 Å². The lowest BCUT2D eigenvalue weighted by Gasteiger charge is -2.36. The predicted octanol–water partition coefficient (Wildman–Crippen LogP) is 4.65. The molecular formula is C24H23ClN2O2S. The van der Waals surface area contributed by atoms with Gasteiger partial charge in [0.1, 0.15) is 4.99 Å². The molecule has 0 bridgehead atoms. The van der Waals surface area contributed by atoms with Crippen LogP contribution in [-0.4, -0.2) is 37.9 Å². The van der Waals surface area contributed by atoms with E-state index in [2.05, 4.69) is 29.2 Å². The monoisotopic (exact) mass is 438 g/mol. The molecule has 0 saturated carbocycles. The van der Waals surface area contributed by atoms with Crippen molar-refractivity contribution in [2.24, 2.45) is 0 Å². The van der Waals surface area contributed by atoms with Crippen molar-refractivity contribution < 1.29 is 8.42 Å². The maximum atomic E-state index is 12.1. The normalized spacial score (nSPS) is 14.7. The van der Waals surface area contributed by atoms with E-state index in [1.807, 2.05) is 60.4 Å². The van der Waals surface area contributed by atoms with Gasteiger partial charge in [0.05, 0.1) is 6.54 Å². The van der Waals surface area contributed by atoms with Gasteiger partial charge in [0, 0.05) is 30.3 Å². The van der Waals surface area contributed by atoms with Crippen molar-refractivity contribution in [3.63, 3.8) is 0 Å². The predicted molar refractivity (Wildman–Crippen MR) is 125 cm³/mol. The summed E-state index contributed by atoms with van der Waals surface area (Å²) >= 11 is 6.04. The van der Waals surface area contributed by atoms with Gasteiger partial charge in [0.15, 0.2) is 0 Å². The second-order valence-electron chi connectivity index (χ2n) is 7.47. The third-order valence-electron chi connectivity index (χ3n) is 5.44. The van der Waals surface area contributed by atoms with Crippen LogP contribution in [0.5, 0.6) is 0 Å². The van der Waals surface area contributed by atoms with Gasteiger partial charge in [-0.1, -0.05) is 65.7 Å². The Morgan fingerprint density at radius 3 is 2.30 bits per heavy atom. The van der Waals surface area contributed by atoms with Gasteiger partial charge in [0.25, 0.3) is 0 Å². The zero-order valence-corrected chi connectivity index (χ0v) is 18.3. The molecule has 6 heteroatoms. The van der Waals surface area contributed by atoms with Gasteiger partial charge in [-0.3, -0.25) is 4.90 Å². The third-order valence-corrected chi connectivity index (χ3v) is 6.47. The third kappa shape index (κ3) is 4.59. The van der Waals surface area contributed by atoms with E-state index in [1.165, 1.54) is 5.56 Å². The summed E-state index contributed by atoms with van der Waals surface area (Å²) in [5, 5.41) is 0.695. The Morgan fingerprint density at radius 1 is 0.900 bits per heavy atom. The molecule has 0 aromatic heterocycles. The number of benzene rings is 3. The Bertz CT molecular complexity index is 1160. The minimum absolute atomic E-state index is 0.377. The quantitative estimate of drug-likeness (QED) is 0.556. The Balaban J connectivity index is 1.59. The van der Waals surface area contributed by atoms with E-state index >= 15 is 0 Å². The maximum Gasteiger partial charge on any atom is 0.230 e. The van der Waals surface area contributed by atoms with Gasteiger partial charge in [-0.05, 0) is 47.9 Å². The van der Waals surface area contributed by atoms with E-state index < -0.39 is 10.3 Å². The van der Waals surface area contributed by atoms with Crippen molar-refractivity contribution in [2.45, 2.75) is 13.5 Å². The molecular weight excluding hydrogens is 416 g/mol. The average molecular weight is 439 g/mol. The number of nitrogens with zero attached hydrogens (tertiary/aromatic N) is 2. The smallest absolute Gasteiger partial charge is 0.230 e. The van der Waals surface area contributed by atoms with E-state index in [9.17, 15) is 8.42 Å². The first-order chi connectivity index (χ1) is 14.5. The van der Waals surface area contributed by atoms with Crippen LogP contribution in [0.4, 0.5) is 5.69 Å². The SMILES string of the molecule is Cc1ccc(N2CCN(Cc3ccccc3-c3ccc(Cl)cc3)C(=S(=O)=O)C2)cc1. The minimum Gasteiger partial charge on any atom is -0.364 e. The Morgan fingerprint density at radius 2 is 1.60 bits per heavy atom. The van der Waals surface area contributed by atoms with E-state index in [4.69, 9.17) is 11.6 Å². The zero-order valence-electron chi connectivity index (χ0n) is 16.8. The average Bonchev–Trinajstić information content (AvgIpc) is 2.75. The van der Waals surface area contributed by atoms with E-state index in [-0.39, 0.29) is 0 Å². The van der Waals surface area contributed by atoms with Crippen LogP contribution in [0.2, 0.25) is 5.02 Å². The Hall–Kier alpha value is -2.60. The Kier molecular flexibility index (Phi) is 6.23. The number of hydrogen-bond donors (Lipinski definition) is 0. The lowest BCUT2D eigenvalue weighted by Crippen LogP contribution is -2.50. The largest absolute Gasteiger partial charge is 0.364 e. The molecule has 4 nitrogen and oxygen atoms in total. The molecule has 0 aliphatic carbocycles. The van der Waals surface area contributed by atoms with Gasteiger partial charge in [-0.15, -0.1) is 0 Å². The highest BCUT2D eigenvalue weighted by Crippen LogP contribution is 2.27. The summed E-state index contributed by atoms with van der Waals surface area (Å²) in [5.74, 6) is 0. The molecule has 1 heterocycles. The van der Waals surface area contributed by atoms with Gasteiger partial charge >= 0.3 is 0 Å². The lowest BCUT2D eigenvalue weighted by atomic mass is 9.99. The fourth-order valence-electron chi connectivity index (χ4n) is 3.78. The van der Waals surface area contributed by atoms with Gasteiger partial charge in [0.2, 0.25) is 10.3 Å². The van der Waals surface area contributed by atoms with Crippen LogP contribution < -0.4 is 4.90 Å². The minimum atomic E-state index is -2.28. The van der Waals surface area contributed by atoms with Crippen LogP contribution in [0.1, 0.15) is 11.1 Å². The molecule has 4 rings (SSSR count). The summed E-state index contributed by atoms with van der Waals surface area (Å²) < 4.78 is 24.1. The summed E-state index contributed by atoms with van der Waals surface area (Å²) in [6.45, 7) is 4.38. The number of aryl methyl sites for hydroxylation is 1. The first-order valence-electron chi connectivity index (χ1n) is 9.87. The molecule has 0 radical (unpaired) electrons. The van der Waals surface area contributed by atoms with Crippen molar-refractivity contribution in [1.82, 2.24) is 4.90 Å². The highest BCUT2D eigenvalue weighted by atomic mass is 35.5. The molecule has 3 aromatic rings. The summed E-state index contributed by atoms with van der Waals surface area (Å²) in [6.07, 6.45) is 0. The molecule has 0 atom stereocenters. The topological polar surface area (TPSA) is 40.6 Å². The van der Waals surface area contributed by atoms with Crippen LogP contribution in [0, 0.1) is 6.92 Å². The van der Waals surface area contributed by atoms with Crippen molar-refractivity contribution in [2.75, 3.05) is 24.5 Å². The molecule has 0 N–H and O–H groups in total. The molecule has 154 valence electrons. The molecule has 1 aliphatic rings. The van der Waals surface area contributed by atoms with Crippen LogP contribution >= 0.6 is 11.6 Å². The number of anilines is 1. The first-order valence-corrected chi connectivity index (χ1v) is 11.3. The second kappa shape index (κ2) is 9.04. The molecule has 30 heavy (non-hydrogen) atoms. The van der Waals surface area contributed by atoms with Gasteiger partial charge in [-0.25, -0.2) is 0 Å². The molecule has 0 unspecified atom stereocenters. The van der Waals surface area contributed by atoms with Crippen molar-refractivity contribution in [3.05, 3.63) is 88.9 Å².